The van der Waals surface area contributed by atoms with Crippen LogP contribution in [0.2, 0.25) is 6.55 Å². The van der Waals surface area contributed by atoms with E-state index in [1.165, 1.54) is 0 Å². The van der Waals surface area contributed by atoms with E-state index in [1.54, 1.807) is 0 Å². The minimum atomic E-state index is -2.76. The van der Waals surface area contributed by atoms with Gasteiger partial charge in [-0.15, -0.1) is 0 Å². The average molecular weight is 296 g/mol. The van der Waals surface area contributed by atoms with Gasteiger partial charge in [0.15, 0.2) is 8.46 Å². The summed E-state index contributed by atoms with van der Waals surface area (Å²) < 4.78 is 34.4. The van der Waals surface area contributed by atoms with Crippen LogP contribution >= 0.6 is 8.46 Å². The van der Waals surface area contributed by atoms with E-state index < -0.39 is 13.5 Å². The van der Waals surface area contributed by atoms with E-state index in [0.29, 0.717) is 26.4 Å². The molecule has 0 aliphatic carbocycles. The fourth-order valence-corrected chi connectivity index (χ4v) is 5.52. The first-order valence-corrected chi connectivity index (χ1v) is 9.52. The molecule has 0 aliphatic rings. The molecule has 1 unspecified atom stereocenters. The number of hydrogen-bond acceptors (Lipinski definition) is 5. The summed E-state index contributed by atoms with van der Waals surface area (Å²) in [7, 11) is -2.91. The van der Waals surface area contributed by atoms with Crippen molar-refractivity contribution in [3.63, 3.8) is 0 Å². The Morgan fingerprint density at radius 3 is 1.89 bits per heavy atom. The van der Waals surface area contributed by atoms with Gasteiger partial charge in [0.25, 0.3) is 0 Å². The van der Waals surface area contributed by atoms with Crippen molar-refractivity contribution in [1.82, 2.24) is 0 Å². The summed E-state index contributed by atoms with van der Waals surface area (Å²) in [5.74, 6) is 0. The Kier molecular flexibility index (Phi) is 9.20. The Bertz CT molecular complexity index is 235. The molecule has 0 aromatic heterocycles. The van der Waals surface area contributed by atoms with Gasteiger partial charge < -0.3 is 18.3 Å². The van der Waals surface area contributed by atoms with Gasteiger partial charge in [0.1, 0.15) is 0 Å². The summed E-state index contributed by atoms with van der Waals surface area (Å²) in [5.41, 5.74) is 0. The molecule has 0 bridgehead atoms. The third-order valence-electron chi connectivity index (χ3n) is 2.58. The molecule has 7 heteroatoms. The second-order valence-electron chi connectivity index (χ2n) is 3.76. The van der Waals surface area contributed by atoms with E-state index in [2.05, 4.69) is 0 Å². The van der Waals surface area contributed by atoms with E-state index in [9.17, 15) is 4.57 Å². The van der Waals surface area contributed by atoms with Crippen LogP contribution in [-0.2, 0) is 22.9 Å². The lowest BCUT2D eigenvalue weighted by molar-refractivity contribution is -0.0246. The van der Waals surface area contributed by atoms with Crippen LogP contribution < -0.4 is 0 Å². The smallest absolute Gasteiger partial charge is 0.382 e. The second kappa shape index (κ2) is 9.12. The van der Waals surface area contributed by atoms with E-state index >= 15 is 0 Å². The minimum absolute atomic E-state index is 0.148. The van der Waals surface area contributed by atoms with Crippen molar-refractivity contribution < 1.29 is 22.9 Å². The molecular formula is C11H25O5PSi. The first-order chi connectivity index (χ1) is 8.55. The summed E-state index contributed by atoms with van der Waals surface area (Å²) in [5, 5.41) is 0. The van der Waals surface area contributed by atoms with E-state index in [-0.39, 0.29) is 15.1 Å². The maximum atomic E-state index is 11.7. The summed E-state index contributed by atoms with van der Waals surface area (Å²) in [4.78, 5) is -1.01. The summed E-state index contributed by atoms with van der Waals surface area (Å²) in [6.07, 6.45) is 0. The Labute approximate surface area is 113 Å². The van der Waals surface area contributed by atoms with E-state index in [0.717, 1.165) is 0 Å². The normalized spacial score (nSPS) is 15.8. The van der Waals surface area contributed by atoms with Crippen molar-refractivity contribution in [2.24, 2.45) is 0 Å². The van der Waals surface area contributed by atoms with Gasteiger partial charge in [0.05, 0.1) is 6.61 Å². The minimum Gasteiger partial charge on any atom is -0.393 e. The molecule has 0 aliphatic heterocycles. The van der Waals surface area contributed by atoms with Gasteiger partial charge in [-0.3, -0.25) is 4.57 Å². The van der Waals surface area contributed by atoms with Crippen molar-refractivity contribution in [2.45, 2.75) is 39.2 Å². The molecule has 108 valence electrons. The van der Waals surface area contributed by atoms with E-state index in [1.807, 2.05) is 34.2 Å². The van der Waals surface area contributed by atoms with Gasteiger partial charge in [-0.1, -0.05) is 0 Å². The van der Waals surface area contributed by atoms with E-state index in [4.69, 9.17) is 18.3 Å². The van der Waals surface area contributed by atoms with Crippen LogP contribution in [0.15, 0.2) is 0 Å². The molecule has 1 atom stereocenters. The zero-order chi connectivity index (χ0) is 14.1. The Morgan fingerprint density at radius 2 is 1.56 bits per heavy atom. The predicted molar refractivity (Wildman–Crippen MR) is 73.3 cm³/mol. The van der Waals surface area contributed by atoms with Crippen LogP contribution in [-0.4, -0.2) is 46.6 Å². The summed E-state index contributed by atoms with van der Waals surface area (Å²) in [6.45, 7) is 11.6. The molecule has 0 N–H and O–H groups in total. The molecule has 0 heterocycles. The predicted octanol–water partition coefficient (Wildman–Crippen LogP) is 2.73. The molecule has 5 nitrogen and oxygen atoms in total. The highest BCUT2D eigenvalue weighted by Crippen LogP contribution is 2.37. The highest BCUT2D eigenvalue weighted by Gasteiger charge is 2.57. The van der Waals surface area contributed by atoms with Crippen molar-refractivity contribution in [3.8, 4) is 0 Å². The third-order valence-corrected chi connectivity index (χ3v) is 8.01. The maximum Gasteiger partial charge on any atom is 0.382 e. The molecule has 0 fully saturated rings. The van der Waals surface area contributed by atoms with Crippen LogP contribution in [0.1, 0.15) is 27.7 Å². The number of ether oxygens (including phenoxy) is 2. The fraction of sp³-hybridized carbons (Fsp3) is 1.00. The molecule has 0 spiro atoms. The molecule has 0 aromatic carbocycles. The van der Waals surface area contributed by atoms with Gasteiger partial charge in [-0.05, 0) is 34.2 Å². The third kappa shape index (κ3) is 4.37. The first kappa shape index (κ1) is 18.2. The molecular weight excluding hydrogens is 271 g/mol. The van der Waals surface area contributed by atoms with Crippen LogP contribution in [0.25, 0.3) is 0 Å². The second-order valence-corrected chi connectivity index (χ2v) is 8.36. The van der Waals surface area contributed by atoms with Gasteiger partial charge in [0.2, 0.25) is 4.97 Å². The lowest BCUT2D eigenvalue weighted by Gasteiger charge is -2.39. The van der Waals surface area contributed by atoms with Crippen LogP contribution in [0.5, 0.6) is 0 Å². The standard InChI is InChI=1S/C11H25O5PSi/c1-6-13-10-11(17-12,14-7-2)18(5,15-8-3)16-9-4/h6-10H2,1-5H3. The first-order valence-electron chi connectivity index (χ1n) is 6.39. The zero-order valence-electron chi connectivity index (χ0n) is 12.0. The fourth-order valence-electron chi connectivity index (χ4n) is 1.74. The lowest BCUT2D eigenvalue weighted by atomic mass is 10.7. The van der Waals surface area contributed by atoms with Gasteiger partial charge in [-0.2, -0.15) is 0 Å². The molecule has 0 amide bonds. The molecule has 18 heavy (non-hydrogen) atoms. The van der Waals surface area contributed by atoms with Crippen LogP contribution in [0.4, 0.5) is 0 Å². The Balaban J connectivity index is 5.22. The van der Waals surface area contributed by atoms with Gasteiger partial charge >= 0.3 is 8.56 Å². The lowest BCUT2D eigenvalue weighted by Crippen LogP contribution is -2.61. The highest BCUT2D eigenvalue weighted by molar-refractivity contribution is 7.31. The Hall–Kier alpha value is 0.157. The van der Waals surface area contributed by atoms with Crippen molar-refractivity contribution in [1.29, 1.82) is 0 Å². The SMILES string of the molecule is CCOCC(OCC)(P=O)[Si](C)(OCC)OCC. The van der Waals surface area contributed by atoms with Crippen molar-refractivity contribution >= 4 is 17.0 Å². The van der Waals surface area contributed by atoms with Crippen molar-refractivity contribution in [2.75, 3.05) is 33.0 Å². The molecule has 0 saturated heterocycles. The Morgan fingerprint density at radius 1 is 1.00 bits per heavy atom. The molecule has 0 saturated carbocycles. The maximum absolute atomic E-state index is 11.7. The molecule has 0 rings (SSSR count). The van der Waals surface area contributed by atoms with Crippen LogP contribution in [0.3, 0.4) is 0 Å². The summed E-state index contributed by atoms with van der Waals surface area (Å²) in [6, 6.07) is 0. The van der Waals surface area contributed by atoms with Gasteiger partial charge in [0, 0.05) is 26.4 Å². The molecule has 0 aromatic rings. The quantitative estimate of drug-likeness (QED) is 0.433. The molecule has 0 radical (unpaired) electrons. The topological polar surface area (TPSA) is 54.0 Å². The monoisotopic (exact) mass is 296 g/mol. The largest absolute Gasteiger partial charge is 0.393 e. The van der Waals surface area contributed by atoms with Crippen LogP contribution in [0, 0.1) is 0 Å². The van der Waals surface area contributed by atoms with Crippen molar-refractivity contribution in [3.05, 3.63) is 0 Å². The number of hydrogen-bond donors (Lipinski definition) is 0. The average Bonchev–Trinajstić information content (AvgIpc) is 2.35. The zero-order valence-corrected chi connectivity index (χ0v) is 13.9. The van der Waals surface area contributed by atoms with Gasteiger partial charge in [-0.25, -0.2) is 0 Å². The number of rotatable bonds is 11. The highest BCUT2D eigenvalue weighted by atomic mass is 31.1. The summed E-state index contributed by atoms with van der Waals surface area (Å²) >= 11 is 0.